The van der Waals surface area contributed by atoms with Gasteiger partial charge in [-0.1, -0.05) is 28.1 Å². The summed E-state index contributed by atoms with van der Waals surface area (Å²) >= 11 is 3.56. The van der Waals surface area contributed by atoms with Crippen molar-refractivity contribution in [2.45, 2.75) is 31.2 Å². The fourth-order valence-corrected chi connectivity index (χ4v) is 2.63. The highest BCUT2D eigenvalue weighted by atomic mass is 79.9. The van der Waals surface area contributed by atoms with Crippen LogP contribution in [-0.4, -0.2) is 39.5 Å². The van der Waals surface area contributed by atoms with Gasteiger partial charge in [-0.25, -0.2) is 0 Å². The number of hydrogen-bond donors (Lipinski definition) is 1. The van der Waals surface area contributed by atoms with Crippen molar-refractivity contribution in [3.63, 3.8) is 0 Å². The van der Waals surface area contributed by atoms with E-state index >= 15 is 0 Å². The summed E-state index contributed by atoms with van der Waals surface area (Å²) in [4.78, 5) is 0. The Balaban J connectivity index is 1.82. The minimum Gasteiger partial charge on any atom is -0.382 e. The van der Waals surface area contributed by atoms with E-state index in [2.05, 4.69) is 45.5 Å². The zero-order valence-electron chi connectivity index (χ0n) is 12.1. The van der Waals surface area contributed by atoms with Crippen molar-refractivity contribution in [1.29, 1.82) is 0 Å². The molecule has 1 fully saturated rings. The van der Waals surface area contributed by atoms with Gasteiger partial charge in [-0.2, -0.15) is 0 Å². The van der Waals surface area contributed by atoms with Crippen molar-refractivity contribution in [2.24, 2.45) is 0 Å². The number of halogens is 1. The molecule has 0 aromatic heterocycles. The number of rotatable bonds is 10. The van der Waals surface area contributed by atoms with Crippen LogP contribution in [0.5, 0.6) is 0 Å². The summed E-state index contributed by atoms with van der Waals surface area (Å²) in [6, 6.07) is 9.35. The Morgan fingerprint density at radius 3 is 2.85 bits per heavy atom. The Bertz CT molecular complexity index is 396. The van der Waals surface area contributed by atoms with Crippen LogP contribution in [0.2, 0.25) is 0 Å². The summed E-state index contributed by atoms with van der Waals surface area (Å²) in [6.45, 7) is 3.17. The van der Waals surface area contributed by atoms with Crippen molar-refractivity contribution in [3.8, 4) is 0 Å². The SMILES string of the molecule is COCCOCCC(CNC1CC1)c1cccc(Br)c1. The number of nitrogens with one attached hydrogen (secondary N) is 1. The molecule has 0 heterocycles. The van der Waals surface area contributed by atoms with Crippen molar-refractivity contribution < 1.29 is 9.47 Å². The Hall–Kier alpha value is -0.420. The molecule has 4 heteroatoms. The number of benzene rings is 1. The highest BCUT2D eigenvalue weighted by Gasteiger charge is 2.22. The third-order valence-electron chi connectivity index (χ3n) is 3.59. The average Bonchev–Trinajstić information content (AvgIpc) is 3.26. The van der Waals surface area contributed by atoms with Crippen molar-refractivity contribution in [1.82, 2.24) is 5.32 Å². The molecule has 0 aliphatic heterocycles. The first-order chi connectivity index (χ1) is 9.79. The van der Waals surface area contributed by atoms with Gasteiger partial charge in [0, 0.05) is 30.8 Å². The Morgan fingerprint density at radius 2 is 2.15 bits per heavy atom. The summed E-state index contributed by atoms with van der Waals surface area (Å²) in [6.07, 6.45) is 3.70. The first kappa shape index (κ1) is 16.0. The lowest BCUT2D eigenvalue weighted by atomic mass is 9.96. The number of hydrogen-bond acceptors (Lipinski definition) is 3. The van der Waals surface area contributed by atoms with Gasteiger partial charge in [0.2, 0.25) is 0 Å². The van der Waals surface area contributed by atoms with Crippen LogP contribution in [-0.2, 0) is 9.47 Å². The Kier molecular flexibility index (Phi) is 7.00. The molecule has 0 radical (unpaired) electrons. The largest absolute Gasteiger partial charge is 0.382 e. The van der Waals surface area contributed by atoms with E-state index in [1.165, 1.54) is 18.4 Å². The van der Waals surface area contributed by atoms with Crippen LogP contribution in [0, 0.1) is 0 Å². The average molecular weight is 342 g/mol. The lowest BCUT2D eigenvalue weighted by Gasteiger charge is -2.18. The first-order valence-corrected chi connectivity index (χ1v) is 8.14. The van der Waals surface area contributed by atoms with Crippen molar-refractivity contribution >= 4 is 15.9 Å². The predicted molar refractivity (Wildman–Crippen MR) is 85.2 cm³/mol. The number of methoxy groups -OCH3 is 1. The molecule has 1 unspecified atom stereocenters. The van der Waals surface area contributed by atoms with Crippen LogP contribution >= 0.6 is 15.9 Å². The minimum atomic E-state index is 0.510. The summed E-state index contributed by atoms with van der Waals surface area (Å²) in [7, 11) is 1.70. The standard InChI is InChI=1S/C16H24BrNO2/c1-19-9-10-20-8-7-14(12-18-16-5-6-16)13-3-2-4-15(17)11-13/h2-4,11,14,16,18H,5-10,12H2,1H3. The van der Waals surface area contributed by atoms with E-state index in [1.807, 2.05) is 0 Å². The molecule has 20 heavy (non-hydrogen) atoms. The maximum atomic E-state index is 5.61. The summed E-state index contributed by atoms with van der Waals surface area (Å²) in [5.41, 5.74) is 1.38. The summed E-state index contributed by atoms with van der Waals surface area (Å²) in [5, 5.41) is 3.63. The fourth-order valence-electron chi connectivity index (χ4n) is 2.21. The van der Waals surface area contributed by atoms with Crippen LogP contribution in [0.4, 0.5) is 0 Å². The van der Waals surface area contributed by atoms with Gasteiger partial charge in [0.25, 0.3) is 0 Å². The van der Waals surface area contributed by atoms with E-state index in [4.69, 9.17) is 9.47 Å². The lowest BCUT2D eigenvalue weighted by Crippen LogP contribution is -2.24. The van der Waals surface area contributed by atoms with Crippen molar-refractivity contribution in [3.05, 3.63) is 34.3 Å². The van der Waals surface area contributed by atoms with E-state index < -0.39 is 0 Å². The smallest absolute Gasteiger partial charge is 0.0700 e. The highest BCUT2D eigenvalue weighted by Crippen LogP contribution is 2.25. The maximum absolute atomic E-state index is 5.61. The molecule has 3 nitrogen and oxygen atoms in total. The monoisotopic (exact) mass is 341 g/mol. The van der Waals surface area contributed by atoms with Gasteiger partial charge in [0.1, 0.15) is 0 Å². The summed E-state index contributed by atoms with van der Waals surface area (Å²) < 4.78 is 11.8. The molecule has 112 valence electrons. The van der Waals surface area contributed by atoms with E-state index in [0.29, 0.717) is 19.1 Å². The molecule has 0 saturated heterocycles. The molecule has 2 rings (SSSR count). The second-order valence-electron chi connectivity index (χ2n) is 5.33. The molecule has 0 bridgehead atoms. The van der Waals surface area contributed by atoms with Gasteiger partial charge < -0.3 is 14.8 Å². The van der Waals surface area contributed by atoms with Crippen molar-refractivity contribution in [2.75, 3.05) is 33.5 Å². The van der Waals surface area contributed by atoms with Gasteiger partial charge in [-0.3, -0.25) is 0 Å². The van der Waals surface area contributed by atoms with Gasteiger partial charge >= 0.3 is 0 Å². The number of ether oxygens (including phenoxy) is 2. The zero-order chi connectivity index (χ0) is 14.2. The molecule has 1 aliphatic carbocycles. The molecule has 0 amide bonds. The van der Waals surface area contributed by atoms with Crippen LogP contribution in [0.1, 0.15) is 30.7 Å². The molecular weight excluding hydrogens is 318 g/mol. The van der Waals surface area contributed by atoms with Crippen LogP contribution in [0.3, 0.4) is 0 Å². The molecule has 1 aromatic rings. The highest BCUT2D eigenvalue weighted by molar-refractivity contribution is 9.10. The molecule has 1 N–H and O–H groups in total. The van der Waals surface area contributed by atoms with Gasteiger partial charge in [-0.15, -0.1) is 0 Å². The first-order valence-electron chi connectivity index (χ1n) is 7.35. The third kappa shape index (κ3) is 5.92. The second kappa shape index (κ2) is 8.78. The van der Waals surface area contributed by atoms with Crippen LogP contribution < -0.4 is 5.32 Å². The summed E-state index contributed by atoms with van der Waals surface area (Å²) in [5.74, 6) is 0.510. The molecule has 1 aromatic carbocycles. The lowest BCUT2D eigenvalue weighted by molar-refractivity contribution is 0.0669. The second-order valence-corrected chi connectivity index (χ2v) is 6.24. The minimum absolute atomic E-state index is 0.510. The Morgan fingerprint density at radius 1 is 1.30 bits per heavy atom. The van der Waals surface area contributed by atoms with Crippen LogP contribution in [0.15, 0.2) is 28.7 Å². The third-order valence-corrected chi connectivity index (χ3v) is 4.09. The molecule has 0 spiro atoms. The van der Waals surface area contributed by atoms with Gasteiger partial charge in [0.15, 0.2) is 0 Å². The van der Waals surface area contributed by atoms with E-state index in [1.54, 1.807) is 7.11 Å². The quantitative estimate of drug-likeness (QED) is 0.662. The van der Waals surface area contributed by atoms with Crippen LogP contribution in [0.25, 0.3) is 0 Å². The fraction of sp³-hybridized carbons (Fsp3) is 0.625. The molecule has 1 saturated carbocycles. The molecule has 1 aliphatic rings. The zero-order valence-corrected chi connectivity index (χ0v) is 13.7. The van der Waals surface area contributed by atoms with Gasteiger partial charge in [0.05, 0.1) is 13.2 Å². The normalized spacial score (nSPS) is 16.3. The topological polar surface area (TPSA) is 30.5 Å². The van der Waals surface area contributed by atoms with Gasteiger partial charge in [-0.05, 0) is 42.9 Å². The molecule has 1 atom stereocenters. The van der Waals surface area contributed by atoms with E-state index in [0.717, 1.165) is 30.1 Å². The van der Waals surface area contributed by atoms with E-state index in [9.17, 15) is 0 Å². The van der Waals surface area contributed by atoms with E-state index in [-0.39, 0.29) is 0 Å². The molecular formula is C16H24BrNO2. The maximum Gasteiger partial charge on any atom is 0.0700 e. The Labute approximate surface area is 130 Å². The predicted octanol–water partition coefficient (Wildman–Crippen LogP) is 3.34.